The zero-order chi connectivity index (χ0) is 21.8. The fourth-order valence-corrected chi connectivity index (χ4v) is 4.02. The minimum absolute atomic E-state index is 0.0443. The second-order valence-electron chi connectivity index (χ2n) is 7.69. The number of hydrogen-bond acceptors (Lipinski definition) is 3. The highest BCUT2D eigenvalue weighted by Gasteiger charge is 2.34. The number of rotatable bonds is 7. The van der Waals surface area contributed by atoms with Gasteiger partial charge in [-0.3, -0.25) is 9.59 Å². The molecular formula is C26H26N2O3. The van der Waals surface area contributed by atoms with Crippen LogP contribution in [-0.4, -0.2) is 23.8 Å². The van der Waals surface area contributed by atoms with E-state index in [4.69, 9.17) is 4.74 Å². The molecule has 158 valence electrons. The number of carbonyl (C=O) groups excluding carboxylic acids is 2. The zero-order valence-corrected chi connectivity index (χ0v) is 17.8. The van der Waals surface area contributed by atoms with E-state index in [-0.39, 0.29) is 24.3 Å². The van der Waals surface area contributed by atoms with E-state index in [1.807, 2.05) is 72.8 Å². The molecule has 2 amide bonds. The van der Waals surface area contributed by atoms with Crippen LogP contribution in [0.5, 0.6) is 5.75 Å². The maximum absolute atomic E-state index is 13.1. The minimum Gasteiger partial charge on any atom is -0.497 e. The van der Waals surface area contributed by atoms with Crippen LogP contribution in [-0.2, 0) is 17.8 Å². The average molecular weight is 415 g/mol. The van der Waals surface area contributed by atoms with Gasteiger partial charge in [-0.2, -0.15) is 0 Å². The Bertz CT molecular complexity index is 1090. The third kappa shape index (κ3) is 4.45. The second kappa shape index (κ2) is 9.04. The van der Waals surface area contributed by atoms with Gasteiger partial charge in [-0.05, 0) is 53.4 Å². The standard InChI is InChI=1S/C26H26N2O3/c1-3-18-7-6-9-21(15-18)27-25(29)16-24(19-11-13-22(31-2)14-12-19)28-17-20-8-4-5-10-23(20)26(28)30/h4-15,24H,3,16-17H2,1-2H3,(H,27,29)/t24-/m1/s1. The number of benzene rings is 3. The van der Waals surface area contributed by atoms with Crippen LogP contribution >= 0.6 is 0 Å². The number of carbonyl (C=O) groups is 2. The Kier molecular flexibility index (Phi) is 6.03. The molecular weight excluding hydrogens is 388 g/mol. The summed E-state index contributed by atoms with van der Waals surface area (Å²) in [5.41, 5.74) is 4.53. The number of methoxy groups -OCH3 is 1. The Labute approximate surface area is 182 Å². The molecule has 0 unspecified atom stereocenters. The molecule has 1 atom stereocenters. The summed E-state index contributed by atoms with van der Waals surface area (Å²) in [6.07, 6.45) is 1.07. The Morgan fingerprint density at radius 3 is 2.55 bits per heavy atom. The van der Waals surface area contributed by atoms with Crippen LogP contribution in [0, 0.1) is 0 Å². The number of ether oxygens (including phenoxy) is 1. The number of nitrogens with one attached hydrogen (secondary N) is 1. The summed E-state index contributed by atoms with van der Waals surface area (Å²) in [5.74, 6) is 0.564. The largest absolute Gasteiger partial charge is 0.497 e. The molecule has 31 heavy (non-hydrogen) atoms. The van der Waals surface area contributed by atoms with Crippen molar-refractivity contribution in [2.45, 2.75) is 32.4 Å². The van der Waals surface area contributed by atoms with Gasteiger partial charge in [0.15, 0.2) is 0 Å². The van der Waals surface area contributed by atoms with E-state index >= 15 is 0 Å². The van der Waals surface area contributed by atoms with Gasteiger partial charge in [0.1, 0.15) is 5.75 Å². The number of aryl methyl sites for hydroxylation is 1. The monoisotopic (exact) mass is 414 g/mol. The van der Waals surface area contributed by atoms with Crippen LogP contribution < -0.4 is 10.1 Å². The van der Waals surface area contributed by atoms with Crippen LogP contribution in [0.4, 0.5) is 5.69 Å². The summed E-state index contributed by atoms with van der Waals surface area (Å²) in [7, 11) is 1.62. The molecule has 5 heteroatoms. The summed E-state index contributed by atoms with van der Waals surface area (Å²) in [4.78, 5) is 27.9. The molecule has 0 bridgehead atoms. The van der Waals surface area contributed by atoms with E-state index in [0.717, 1.165) is 34.5 Å². The van der Waals surface area contributed by atoms with Crippen molar-refractivity contribution in [3.05, 3.63) is 95.1 Å². The highest BCUT2D eigenvalue weighted by molar-refractivity contribution is 5.99. The van der Waals surface area contributed by atoms with E-state index in [0.29, 0.717) is 12.1 Å². The first-order valence-corrected chi connectivity index (χ1v) is 10.5. The smallest absolute Gasteiger partial charge is 0.255 e. The molecule has 1 N–H and O–H groups in total. The molecule has 0 aliphatic carbocycles. The van der Waals surface area contributed by atoms with E-state index < -0.39 is 0 Å². The Morgan fingerprint density at radius 2 is 1.84 bits per heavy atom. The SMILES string of the molecule is CCc1cccc(NC(=O)C[C@H](c2ccc(OC)cc2)N2Cc3ccccc3C2=O)c1. The molecule has 0 saturated carbocycles. The molecule has 1 aliphatic rings. The van der Waals surface area contributed by atoms with Crippen molar-refractivity contribution >= 4 is 17.5 Å². The van der Waals surface area contributed by atoms with Gasteiger partial charge < -0.3 is 15.0 Å². The first-order chi connectivity index (χ1) is 15.1. The van der Waals surface area contributed by atoms with E-state index in [2.05, 4.69) is 12.2 Å². The minimum atomic E-state index is -0.375. The number of nitrogens with zero attached hydrogens (tertiary/aromatic N) is 1. The van der Waals surface area contributed by atoms with E-state index in [1.165, 1.54) is 0 Å². The lowest BCUT2D eigenvalue weighted by Crippen LogP contribution is -2.32. The number of fused-ring (bicyclic) bond motifs is 1. The lowest BCUT2D eigenvalue weighted by Gasteiger charge is -2.28. The van der Waals surface area contributed by atoms with Crippen molar-refractivity contribution in [1.29, 1.82) is 0 Å². The van der Waals surface area contributed by atoms with Crippen LogP contribution in [0.1, 0.15) is 46.4 Å². The number of amides is 2. The lowest BCUT2D eigenvalue weighted by atomic mass is 10.0. The van der Waals surface area contributed by atoms with Gasteiger partial charge in [0.2, 0.25) is 5.91 Å². The fraction of sp³-hybridized carbons (Fsp3) is 0.231. The van der Waals surface area contributed by atoms with Crippen molar-refractivity contribution in [3.63, 3.8) is 0 Å². The van der Waals surface area contributed by atoms with Crippen LogP contribution in [0.2, 0.25) is 0 Å². The molecule has 3 aromatic carbocycles. The Balaban J connectivity index is 1.59. The van der Waals surface area contributed by atoms with Crippen LogP contribution in [0.3, 0.4) is 0 Å². The van der Waals surface area contributed by atoms with Crippen LogP contribution in [0.15, 0.2) is 72.8 Å². The van der Waals surface area contributed by atoms with Crippen LogP contribution in [0.25, 0.3) is 0 Å². The molecule has 0 aromatic heterocycles. The highest BCUT2D eigenvalue weighted by atomic mass is 16.5. The van der Waals surface area contributed by atoms with Gasteiger partial charge in [0.05, 0.1) is 19.6 Å². The Hall–Kier alpha value is -3.60. The first kappa shape index (κ1) is 20.7. The van der Waals surface area contributed by atoms with Crippen molar-refractivity contribution < 1.29 is 14.3 Å². The maximum Gasteiger partial charge on any atom is 0.255 e. The average Bonchev–Trinajstić information content (AvgIpc) is 3.14. The van der Waals surface area contributed by atoms with Crippen molar-refractivity contribution in [3.8, 4) is 5.75 Å². The third-order valence-corrected chi connectivity index (χ3v) is 5.72. The molecule has 0 radical (unpaired) electrons. The lowest BCUT2D eigenvalue weighted by molar-refractivity contribution is -0.117. The normalized spacial score (nSPS) is 13.6. The number of hydrogen-bond donors (Lipinski definition) is 1. The fourth-order valence-electron chi connectivity index (χ4n) is 4.02. The zero-order valence-electron chi connectivity index (χ0n) is 17.8. The van der Waals surface area contributed by atoms with Crippen molar-refractivity contribution in [2.24, 2.45) is 0 Å². The number of anilines is 1. The second-order valence-corrected chi connectivity index (χ2v) is 7.69. The first-order valence-electron chi connectivity index (χ1n) is 10.5. The van der Waals surface area contributed by atoms with Crippen molar-refractivity contribution in [2.75, 3.05) is 12.4 Å². The molecule has 3 aromatic rings. The van der Waals surface area contributed by atoms with Gasteiger partial charge >= 0.3 is 0 Å². The third-order valence-electron chi connectivity index (χ3n) is 5.72. The van der Waals surface area contributed by atoms with Gasteiger partial charge in [-0.15, -0.1) is 0 Å². The quantitative estimate of drug-likeness (QED) is 0.593. The molecule has 0 saturated heterocycles. The molecule has 0 fully saturated rings. The molecule has 5 nitrogen and oxygen atoms in total. The molecule has 1 aliphatic heterocycles. The summed E-state index contributed by atoms with van der Waals surface area (Å²) >= 11 is 0. The topological polar surface area (TPSA) is 58.6 Å². The van der Waals surface area contributed by atoms with Gasteiger partial charge in [0, 0.05) is 17.8 Å². The summed E-state index contributed by atoms with van der Waals surface area (Å²) < 4.78 is 5.27. The van der Waals surface area contributed by atoms with E-state index in [9.17, 15) is 9.59 Å². The highest BCUT2D eigenvalue weighted by Crippen LogP contribution is 2.34. The maximum atomic E-state index is 13.1. The molecule has 0 spiro atoms. The van der Waals surface area contributed by atoms with Gasteiger partial charge in [0.25, 0.3) is 5.91 Å². The van der Waals surface area contributed by atoms with Crippen molar-refractivity contribution in [1.82, 2.24) is 4.90 Å². The van der Waals surface area contributed by atoms with Gasteiger partial charge in [-0.1, -0.05) is 49.4 Å². The predicted octanol–water partition coefficient (Wildman–Crippen LogP) is 4.98. The van der Waals surface area contributed by atoms with Gasteiger partial charge in [-0.25, -0.2) is 0 Å². The molecule has 4 rings (SSSR count). The van der Waals surface area contributed by atoms with E-state index in [1.54, 1.807) is 12.0 Å². The summed E-state index contributed by atoms with van der Waals surface area (Å²) in [6.45, 7) is 2.57. The Morgan fingerprint density at radius 1 is 1.06 bits per heavy atom. The molecule has 1 heterocycles. The summed E-state index contributed by atoms with van der Waals surface area (Å²) in [5, 5.41) is 3.00. The summed E-state index contributed by atoms with van der Waals surface area (Å²) in [6, 6.07) is 22.7. The predicted molar refractivity (Wildman–Crippen MR) is 121 cm³/mol.